The van der Waals surface area contributed by atoms with Crippen LogP contribution in [-0.2, 0) is 10.0 Å². The minimum absolute atomic E-state index is 0.307. The van der Waals surface area contributed by atoms with E-state index in [1.807, 2.05) is 61.5 Å². The molecular weight excluding hydrogens is 400 g/mol. The summed E-state index contributed by atoms with van der Waals surface area (Å²) in [6.45, 7) is 5.66. The molecule has 1 aromatic heterocycles. The number of methoxy groups -OCH3 is 1. The number of aryl methyl sites for hydroxylation is 1. The summed E-state index contributed by atoms with van der Waals surface area (Å²) in [5.74, 6) is 0.794. The van der Waals surface area contributed by atoms with Crippen LogP contribution in [0.3, 0.4) is 0 Å². The first-order chi connectivity index (χ1) is 14.4. The van der Waals surface area contributed by atoms with Gasteiger partial charge in [0.25, 0.3) is 0 Å². The number of aromatic nitrogens is 2. The van der Waals surface area contributed by atoms with Gasteiger partial charge in [-0.25, -0.2) is 13.1 Å². The molecule has 0 saturated carbocycles. The van der Waals surface area contributed by atoms with Crippen LogP contribution in [0.5, 0.6) is 5.75 Å². The van der Waals surface area contributed by atoms with Gasteiger partial charge < -0.3 is 9.64 Å². The van der Waals surface area contributed by atoms with Gasteiger partial charge >= 0.3 is 0 Å². The van der Waals surface area contributed by atoms with Gasteiger partial charge in [-0.1, -0.05) is 24.3 Å². The standard InChI is InChI=1S/C22H26N4O3S/c1-17-22(18(2)26(23-17)19-8-5-4-6-9-19)30(27,28)25-14-12-24(13-15-25)20-10-7-11-21(16-20)29-3/h4-11,16H,12-15H2,1-3H3. The van der Waals surface area contributed by atoms with Crippen molar-refractivity contribution in [1.29, 1.82) is 0 Å². The summed E-state index contributed by atoms with van der Waals surface area (Å²) in [6.07, 6.45) is 0. The van der Waals surface area contributed by atoms with E-state index in [1.165, 1.54) is 0 Å². The van der Waals surface area contributed by atoms with Crippen LogP contribution < -0.4 is 9.64 Å². The predicted octanol–water partition coefficient (Wildman–Crippen LogP) is 3.01. The second-order valence-electron chi connectivity index (χ2n) is 7.34. The number of hydrogen-bond acceptors (Lipinski definition) is 5. The largest absolute Gasteiger partial charge is 0.497 e. The maximum absolute atomic E-state index is 13.5. The van der Waals surface area contributed by atoms with E-state index in [2.05, 4.69) is 10.00 Å². The molecule has 1 fully saturated rings. The van der Waals surface area contributed by atoms with Crippen molar-refractivity contribution in [1.82, 2.24) is 14.1 Å². The average Bonchev–Trinajstić information content (AvgIpc) is 3.09. The molecule has 0 bridgehead atoms. The Hall–Kier alpha value is -2.84. The molecule has 0 unspecified atom stereocenters. The van der Waals surface area contributed by atoms with E-state index < -0.39 is 10.0 Å². The van der Waals surface area contributed by atoms with E-state index in [1.54, 1.807) is 23.0 Å². The van der Waals surface area contributed by atoms with Gasteiger partial charge in [0.2, 0.25) is 10.0 Å². The molecule has 4 rings (SSSR count). The molecule has 0 N–H and O–H groups in total. The summed E-state index contributed by atoms with van der Waals surface area (Å²) in [4.78, 5) is 2.49. The van der Waals surface area contributed by atoms with E-state index in [9.17, 15) is 8.42 Å². The normalized spacial score (nSPS) is 15.4. The lowest BCUT2D eigenvalue weighted by Gasteiger charge is -2.35. The SMILES string of the molecule is COc1cccc(N2CCN(S(=O)(=O)c3c(C)nn(-c4ccccc4)c3C)CC2)c1. The molecule has 1 aliphatic rings. The Bertz CT molecular complexity index is 1130. The third-order valence-electron chi connectivity index (χ3n) is 5.48. The van der Waals surface area contributed by atoms with E-state index in [0.717, 1.165) is 17.1 Å². The molecule has 158 valence electrons. The second-order valence-corrected chi connectivity index (χ2v) is 9.21. The van der Waals surface area contributed by atoms with Crippen molar-refractivity contribution in [3.63, 3.8) is 0 Å². The van der Waals surface area contributed by atoms with E-state index in [-0.39, 0.29) is 0 Å². The van der Waals surface area contributed by atoms with Gasteiger partial charge in [-0.15, -0.1) is 0 Å². The van der Waals surface area contributed by atoms with E-state index >= 15 is 0 Å². The average molecular weight is 427 g/mol. The van der Waals surface area contributed by atoms with Crippen LogP contribution in [0.4, 0.5) is 5.69 Å². The zero-order valence-corrected chi connectivity index (χ0v) is 18.3. The van der Waals surface area contributed by atoms with Crippen LogP contribution >= 0.6 is 0 Å². The van der Waals surface area contributed by atoms with Crippen LogP contribution in [0.2, 0.25) is 0 Å². The zero-order chi connectivity index (χ0) is 21.3. The van der Waals surface area contributed by atoms with Crippen LogP contribution in [0.15, 0.2) is 59.5 Å². The Balaban J connectivity index is 1.56. The van der Waals surface area contributed by atoms with Crippen molar-refractivity contribution in [3.8, 4) is 11.4 Å². The molecule has 0 aliphatic carbocycles. The first-order valence-electron chi connectivity index (χ1n) is 9.92. The second kappa shape index (κ2) is 8.12. The van der Waals surface area contributed by atoms with Gasteiger partial charge in [-0.2, -0.15) is 9.40 Å². The van der Waals surface area contributed by atoms with Crippen molar-refractivity contribution < 1.29 is 13.2 Å². The summed E-state index contributed by atoms with van der Waals surface area (Å²) in [6, 6.07) is 17.4. The van der Waals surface area contributed by atoms with Gasteiger partial charge in [-0.3, -0.25) is 0 Å². The van der Waals surface area contributed by atoms with Gasteiger partial charge in [0.15, 0.2) is 0 Å². The number of rotatable bonds is 5. The molecule has 0 amide bonds. The Labute approximate surface area is 177 Å². The highest BCUT2D eigenvalue weighted by Crippen LogP contribution is 2.28. The molecule has 7 nitrogen and oxygen atoms in total. The third kappa shape index (κ3) is 3.68. The maximum Gasteiger partial charge on any atom is 0.246 e. The lowest BCUT2D eigenvalue weighted by atomic mass is 10.2. The molecule has 1 saturated heterocycles. The van der Waals surface area contributed by atoms with Crippen LogP contribution in [-0.4, -0.2) is 55.8 Å². The molecule has 0 radical (unpaired) electrons. The van der Waals surface area contributed by atoms with Crippen molar-refractivity contribution in [2.75, 3.05) is 38.2 Å². The highest BCUT2D eigenvalue weighted by atomic mass is 32.2. The quantitative estimate of drug-likeness (QED) is 0.627. The number of anilines is 1. The van der Waals surface area contributed by atoms with Crippen molar-refractivity contribution in [2.24, 2.45) is 0 Å². The fourth-order valence-electron chi connectivity index (χ4n) is 3.95. The number of para-hydroxylation sites is 1. The van der Waals surface area contributed by atoms with Crippen LogP contribution in [0.1, 0.15) is 11.4 Å². The van der Waals surface area contributed by atoms with Crippen molar-refractivity contribution >= 4 is 15.7 Å². The molecule has 2 heterocycles. The first kappa shape index (κ1) is 20.4. The molecule has 1 aliphatic heterocycles. The summed E-state index contributed by atoms with van der Waals surface area (Å²) in [7, 11) is -1.99. The molecule has 2 aromatic carbocycles. The molecule has 8 heteroatoms. The van der Waals surface area contributed by atoms with Gasteiger partial charge in [0.1, 0.15) is 10.6 Å². The van der Waals surface area contributed by atoms with Crippen molar-refractivity contribution in [2.45, 2.75) is 18.7 Å². The van der Waals surface area contributed by atoms with E-state index in [4.69, 9.17) is 4.74 Å². The number of ether oxygens (including phenoxy) is 1. The Morgan fingerprint density at radius 3 is 2.23 bits per heavy atom. The fraction of sp³-hybridized carbons (Fsp3) is 0.318. The van der Waals surface area contributed by atoms with Gasteiger partial charge in [0.05, 0.1) is 24.2 Å². The maximum atomic E-state index is 13.5. The Morgan fingerprint density at radius 1 is 0.900 bits per heavy atom. The van der Waals surface area contributed by atoms with Crippen LogP contribution in [0, 0.1) is 13.8 Å². The van der Waals surface area contributed by atoms with Gasteiger partial charge in [0, 0.05) is 37.9 Å². The fourth-order valence-corrected chi connectivity index (χ4v) is 5.72. The highest BCUT2D eigenvalue weighted by Gasteiger charge is 2.33. The van der Waals surface area contributed by atoms with E-state index in [0.29, 0.717) is 42.5 Å². The Morgan fingerprint density at radius 2 is 1.57 bits per heavy atom. The molecule has 0 spiro atoms. The first-order valence-corrected chi connectivity index (χ1v) is 11.4. The molecule has 3 aromatic rings. The summed E-state index contributed by atoms with van der Waals surface area (Å²) in [5.41, 5.74) is 3.04. The lowest BCUT2D eigenvalue weighted by Crippen LogP contribution is -2.48. The number of sulfonamides is 1. The summed E-state index contributed by atoms with van der Waals surface area (Å²) < 4.78 is 35.5. The number of nitrogens with zero attached hydrogens (tertiary/aromatic N) is 4. The Kier molecular flexibility index (Phi) is 5.53. The van der Waals surface area contributed by atoms with Gasteiger partial charge in [-0.05, 0) is 38.1 Å². The summed E-state index contributed by atoms with van der Waals surface area (Å²) in [5, 5.41) is 4.51. The third-order valence-corrected chi connectivity index (χ3v) is 7.63. The zero-order valence-electron chi connectivity index (χ0n) is 17.4. The summed E-state index contributed by atoms with van der Waals surface area (Å²) >= 11 is 0. The highest BCUT2D eigenvalue weighted by molar-refractivity contribution is 7.89. The molecular formula is C22H26N4O3S. The smallest absolute Gasteiger partial charge is 0.246 e. The van der Waals surface area contributed by atoms with Crippen LogP contribution in [0.25, 0.3) is 5.69 Å². The van der Waals surface area contributed by atoms with Crippen molar-refractivity contribution in [3.05, 3.63) is 66.0 Å². The molecule has 0 atom stereocenters. The minimum Gasteiger partial charge on any atom is -0.497 e. The number of hydrogen-bond donors (Lipinski definition) is 0. The minimum atomic E-state index is -3.63. The number of benzene rings is 2. The lowest BCUT2D eigenvalue weighted by molar-refractivity contribution is 0.383. The molecule has 30 heavy (non-hydrogen) atoms. The number of piperazine rings is 1. The monoisotopic (exact) mass is 426 g/mol. The predicted molar refractivity (Wildman–Crippen MR) is 117 cm³/mol. The topological polar surface area (TPSA) is 67.7 Å².